The van der Waals surface area contributed by atoms with Gasteiger partial charge in [0.05, 0.1) is 29.0 Å². The predicted octanol–water partition coefficient (Wildman–Crippen LogP) is 3.50. The summed E-state index contributed by atoms with van der Waals surface area (Å²) in [7, 11) is 0. The first-order chi connectivity index (χ1) is 13.4. The van der Waals surface area contributed by atoms with E-state index in [0.29, 0.717) is 32.9 Å². The van der Waals surface area contributed by atoms with E-state index in [1.165, 1.54) is 21.5 Å². The van der Waals surface area contributed by atoms with Crippen molar-refractivity contribution in [1.29, 1.82) is 0 Å². The molecule has 0 spiro atoms. The molecule has 0 saturated heterocycles. The van der Waals surface area contributed by atoms with Crippen LogP contribution < -0.4 is 5.56 Å². The Labute approximate surface area is 163 Å². The summed E-state index contributed by atoms with van der Waals surface area (Å²) in [5.41, 5.74) is 1.90. The summed E-state index contributed by atoms with van der Waals surface area (Å²) in [4.78, 5) is 23.6. The smallest absolute Gasteiger partial charge is 0.265 e. The summed E-state index contributed by atoms with van der Waals surface area (Å²) >= 11 is 6.07. The van der Waals surface area contributed by atoms with Gasteiger partial charge in [-0.2, -0.15) is 10.2 Å². The summed E-state index contributed by atoms with van der Waals surface area (Å²) in [6.07, 6.45) is 1.59. The predicted molar refractivity (Wildman–Crippen MR) is 105 cm³/mol. The van der Waals surface area contributed by atoms with Crippen LogP contribution in [0.5, 0.6) is 0 Å². The van der Waals surface area contributed by atoms with Crippen LogP contribution in [0.1, 0.15) is 11.3 Å². The molecule has 0 aliphatic rings. The number of aryl methyl sites for hydroxylation is 1. The van der Waals surface area contributed by atoms with Crippen LogP contribution in [-0.4, -0.2) is 24.5 Å². The van der Waals surface area contributed by atoms with Gasteiger partial charge in [-0.25, -0.2) is 9.36 Å². The van der Waals surface area contributed by atoms with Gasteiger partial charge in [-0.15, -0.1) is 0 Å². The average Bonchev–Trinajstić information content (AvgIpc) is 3.12. The summed E-state index contributed by atoms with van der Waals surface area (Å²) in [6, 6.07) is 13.2. The maximum absolute atomic E-state index is 13.1. The van der Waals surface area contributed by atoms with Crippen molar-refractivity contribution in [2.24, 2.45) is 0 Å². The van der Waals surface area contributed by atoms with Crippen molar-refractivity contribution >= 4 is 28.2 Å². The van der Waals surface area contributed by atoms with Gasteiger partial charge in [-0.05, 0) is 30.7 Å². The lowest BCUT2D eigenvalue weighted by Gasteiger charge is -2.09. The van der Waals surface area contributed by atoms with E-state index in [0.717, 1.165) is 0 Å². The maximum Gasteiger partial charge on any atom is 0.293 e. The van der Waals surface area contributed by atoms with Crippen LogP contribution in [-0.2, 0) is 6.54 Å². The molecule has 4 aromatic rings. The molecule has 8 nitrogen and oxygen atoms in total. The Morgan fingerprint density at radius 2 is 1.96 bits per heavy atom. The third-order valence-electron chi connectivity index (χ3n) is 4.37. The Morgan fingerprint density at radius 3 is 2.71 bits per heavy atom. The van der Waals surface area contributed by atoms with Crippen LogP contribution >= 0.6 is 11.6 Å². The number of nitro benzene ring substituents is 1. The van der Waals surface area contributed by atoms with Gasteiger partial charge in [-0.3, -0.25) is 14.9 Å². The minimum absolute atomic E-state index is 0.0349. The highest BCUT2D eigenvalue weighted by Crippen LogP contribution is 2.20. The van der Waals surface area contributed by atoms with E-state index in [2.05, 4.69) is 10.2 Å². The first-order valence-corrected chi connectivity index (χ1v) is 8.76. The van der Waals surface area contributed by atoms with Crippen LogP contribution in [0.15, 0.2) is 59.5 Å². The van der Waals surface area contributed by atoms with E-state index in [1.54, 1.807) is 49.5 Å². The number of nitrogens with zero attached hydrogens (tertiary/aromatic N) is 5. The first kappa shape index (κ1) is 17.9. The third-order valence-corrected chi connectivity index (χ3v) is 4.61. The minimum atomic E-state index is -0.470. The number of halogens is 1. The second-order valence-electron chi connectivity index (χ2n) is 6.27. The molecule has 0 bridgehead atoms. The van der Waals surface area contributed by atoms with Gasteiger partial charge >= 0.3 is 0 Å². The second-order valence-corrected chi connectivity index (χ2v) is 6.71. The molecule has 2 aromatic heterocycles. The maximum atomic E-state index is 13.1. The Hall–Kier alpha value is -3.52. The monoisotopic (exact) mass is 395 g/mol. The zero-order chi connectivity index (χ0) is 19.8. The molecular formula is C19H14ClN5O3. The van der Waals surface area contributed by atoms with Crippen LogP contribution in [0.3, 0.4) is 0 Å². The average molecular weight is 396 g/mol. The number of non-ortho nitro benzene ring substituents is 1. The molecule has 0 atom stereocenters. The molecule has 0 unspecified atom stereocenters. The Kier molecular flexibility index (Phi) is 4.40. The fourth-order valence-electron chi connectivity index (χ4n) is 3.07. The summed E-state index contributed by atoms with van der Waals surface area (Å²) in [5.74, 6) is 0. The third kappa shape index (κ3) is 3.14. The van der Waals surface area contributed by atoms with Crippen LogP contribution in [0.25, 0.3) is 16.6 Å². The van der Waals surface area contributed by atoms with Gasteiger partial charge in [0.25, 0.3) is 11.2 Å². The number of benzene rings is 2. The van der Waals surface area contributed by atoms with E-state index >= 15 is 0 Å². The molecule has 0 fully saturated rings. The molecular weight excluding hydrogens is 382 g/mol. The van der Waals surface area contributed by atoms with Crippen molar-refractivity contribution in [3.8, 4) is 5.69 Å². The topological polar surface area (TPSA) is 95.8 Å². The van der Waals surface area contributed by atoms with E-state index in [9.17, 15) is 14.9 Å². The van der Waals surface area contributed by atoms with Crippen LogP contribution in [0.2, 0.25) is 5.02 Å². The van der Waals surface area contributed by atoms with E-state index in [1.807, 2.05) is 0 Å². The zero-order valence-corrected chi connectivity index (χ0v) is 15.5. The highest BCUT2D eigenvalue weighted by Gasteiger charge is 2.16. The Morgan fingerprint density at radius 1 is 1.18 bits per heavy atom. The molecule has 0 radical (unpaired) electrons. The summed E-state index contributed by atoms with van der Waals surface area (Å²) < 4.78 is 2.82. The van der Waals surface area contributed by atoms with E-state index < -0.39 is 4.92 Å². The van der Waals surface area contributed by atoms with Crippen molar-refractivity contribution in [3.63, 3.8) is 0 Å². The number of hydrogen-bond donors (Lipinski definition) is 0. The fraction of sp³-hybridized carbons (Fsp3) is 0.105. The Balaban J connectivity index is 1.86. The number of aromatic nitrogens is 4. The molecule has 0 saturated carbocycles. The molecule has 4 rings (SSSR count). The molecule has 140 valence electrons. The van der Waals surface area contributed by atoms with Crippen molar-refractivity contribution < 1.29 is 4.92 Å². The SMILES string of the molecule is Cc1nn(Cc2cccc([N+](=O)[O-])c2)c(=O)c2c1cnn2-c1cccc(Cl)c1. The highest BCUT2D eigenvalue weighted by molar-refractivity contribution is 6.30. The number of fused-ring (bicyclic) bond motifs is 1. The lowest BCUT2D eigenvalue weighted by atomic mass is 10.2. The molecule has 2 heterocycles. The summed E-state index contributed by atoms with van der Waals surface area (Å²) in [6.45, 7) is 1.90. The van der Waals surface area contributed by atoms with Gasteiger partial charge in [0.2, 0.25) is 0 Å². The van der Waals surface area contributed by atoms with Crippen molar-refractivity contribution in [2.45, 2.75) is 13.5 Å². The quantitative estimate of drug-likeness (QED) is 0.389. The molecule has 0 aliphatic heterocycles. The van der Waals surface area contributed by atoms with E-state index in [-0.39, 0.29) is 17.8 Å². The van der Waals surface area contributed by atoms with Crippen molar-refractivity contribution in [1.82, 2.24) is 19.6 Å². The second kappa shape index (κ2) is 6.90. The lowest BCUT2D eigenvalue weighted by Crippen LogP contribution is -2.26. The van der Waals surface area contributed by atoms with Crippen LogP contribution in [0.4, 0.5) is 5.69 Å². The molecule has 0 aliphatic carbocycles. The molecule has 9 heteroatoms. The number of hydrogen-bond acceptors (Lipinski definition) is 5. The zero-order valence-electron chi connectivity index (χ0n) is 14.7. The molecule has 0 N–H and O–H groups in total. The lowest BCUT2D eigenvalue weighted by molar-refractivity contribution is -0.384. The van der Waals surface area contributed by atoms with Gasteiger partial charge < -0.3 is 0 Å². The number of nitro groups is 1. The van der Waals surface area contributed by atoms with Gasteiger partial charge in [0.1, 0.15) is 5.52 Å². The van der Waals surface area contributed by atoms with Crippen molar-refractivity contribution in [2.75, 3.05) is 0 Å². The molecule has 28 heavy (non-hydrogen) atoms. The molecule has 0 amide bonds. The highest BCUT2D eigenvalue weighted by atomic mass is 35.5. The number of rotatable bonds is 4. The van der Waals surface area contributed by atoms with Crippen LogP contribution in [0, 0.1) is 17.0 Å². The normalized spacial score (nSPS) is 11.1. The largest absolute Gasteiger partial charge is 0.293 e. The standard InChI is InChI=1S/C19H14ClN5O3/c1-12-17-10-21-24(15-6-3-5-14(20)9-15)18(17)19(26)23(22-12)11-13-4-2-7-16(8-13)25(27)28/h2-10H,11H2,1H3. The first-order valence-electron chi connectivity index (χ1n) is 8.39. The van der Waals surface area contributed by atoms with Gasteiger partial charge in [0, 0.05) is 22.5 Å². The van der Waals surface area contributed by atoms with Crippen molar-refractivity contribution in [3.05, 3.63) is 91.5 Å². The Bertz CT molecular complexity index is 1280. The van der Waals surface area contributed by atoms with Gasteiger partial charge in [-0.1, -0.05) is 29.8 Å². The molecule has 2 aromatic carbocycles. The van der Waals surface area contributed by atoms with E-state index in [4.69, 9.17) is 11.6 Å². The van der Waals surface area contributed by atoms with Gasteiger partial charge in [0.15, 0.2) is 0 Å². The minimum Gasteiger partial charge on any atom is -0.265 e. The summed E-state index contributed by atoms with van der Waals surface area (Å²) in [5, 5.41) is 20.8. The fourth-order valence-corrected chi connectivity index (χ4v) is 3.26.